The SMILES string of the molecule is COc1ccc(N=Cc2ccc(NCCC#N)c(C)c2)cc1. The van der Waals surface area contributed by atoms with Crippen LogP contribution in [0.2, 0.25) is 0 Å². The highest BCUT2D eigenvalue weighted by Crippen LogP contribution is 2.19. The summed E-state index contributed by atoms with van der Waals surface area (Å²) in [6.45, 7) is 2.70. The van der Waals surface area contributed by atoms with Gasteiger partial charge in [-0.2, -0.15) is 5.26 Å². The summed E-state index contributed by atoms with van der Waals surface area (Å²) in [5, 5.41) is 11.8. The lowest BCUT2D eigenvalue weighted by Gasteiger charge is -2.08. The van der Waals surface area contributed by atoms with Crippen LogP contribution in [0.15, 0.2) is 47.5 Å². The number of benzene rings is 2. The molecule has 0 bridgehead atoms. The predicted octanol–water partition coefficient (Wildman–Crippen LogP) is 4.08. The van der Waals surface area contributed by atoms with Crippen molar-refractivity contribution in [1.29, 1.82) is 5.26 Å². The van der Waals surface area contributed by atoms with Crippen molar-refractivity contribution in [3.8, 4) is 11.8 Å². The Bertz CT molecular complexity index is 684. The first-order valence-electron chi connectivity index (χ1n) is 7.12. The average Bonchev–Trinajstić information content (AvgIpc) is 2.55. The average molecular weight is 293 g/mol. The van der Waals surface area contributed by atoms with E-state index in [0.717, 1.165) is 28.3 Å². The molecule has 0 heterocycles. The molecule has 0 amide bonds. The van der Waals surface area contributed by atoms with E-state index in [1.54, 1.807) is 7.11 Å². The summed E-state index contributed by atoms with van der Waals surface area (Å²) in [5.74, 6) is 0.822. The van der Waals surface area contributed by atoms with Gasteiger partial charge in [0.25, 0.3) is 0 Å². The Morgan fingerprint density at radius 2 is 2.00 bits per heavy atom. The molecule has 0 aliphatic rings. The maximum absolute atomic E-state index is 8.55. The van der Waals surface area contributed by atoms with E-state index in [-0.39, 0.29) is 0 Å². The van der Waals surface area contributed by atoms with E-state index in [2.05, 4.69) is 22.4 Å². The van der Waals surface area contributed by atoms with Gasteiger partial charge in [0.1, 0.15) is 5.75 Å². The zero-order valence-electron chi connectivity index (χ0n) is 12.8. The molecule has 0 aliphatic heterocycles. The summed E-state index contributed by atoms with van der Waals surface area (Å²) < 4.78 is 5.12. The topological polar surface area (TPSA) is 57.4 Å². The first-order valence-corrected chi connectivity index (χ1v) is 7.12. The van der Waals surface area contributed by atoms with E-state index < -0.39 is 0 Å². The predicted molar refractivity (Wildman–Crippen MR) is 90.1 cm³/mol. The molecule has 2 aromatic carbocycles. The van der Waals surface area contributed by atoms with Gasteiger partial charge in [0.15, 0.2) is 0 Å². The number of aryl methyl sites for hydroxylation is 1. The van der Waals surface area contributed by atoms with Gasteiger partial charge in [-0.1, -0.05) is 6.07 Å². The molecule has 1 N–H and O–H groups in total. The molecule has 0 aliphatic carbocycles. The van der Waals surface area contributed by atoms with Gasteiger partial charge in [-0.05, 0) is 54.4 Å². The zero-order valence-corrected chi connectivity index (χ0v) is 12.8. The van der Waals surface area contributed by atoms with Crippen LogP contribution >= 0.6 is 0 Å². The van der Waals surface area contributed by atoms with E-state index in [1.165, 1.54) is 0 Å². The third-order valence-corrected chi connectivity index (χ3v) is 3.24. The van der Waals surface area contributed by atoms with E-state index in [1.807, 2.05) is 49.5 Å². The number of methoxy groups -OCH3 is 1. The van der Waals surface area contributed by atoms with E-state index >= 15 is 0 Å². The second-order valence-corrected chi connectivity index (χ2v) is 4.87. The van der Waals surface area contributed by atoms with Crippen LogP contribution in [0.5, 0.6) is 5.75 Å². The molecule has 0 aromatic heterocycles. The Balaban J connectivity index is 2.04. The van der Waals surface area contributed by atoms with Crippen LogP contribution < -0.4 is 10.1 Å². The van der Waals surface area contributed by atoms with Gasteiger partial charge < -0.3 is 10.1 Å². The Morgan fingerprint density at radius 1 is 1.23 bits per heavy atom. The lowest BCUT2D eigenvalue weighted by Crippen LogP contribution is -2.02. The standard InChI is InChI=1S/C18H19N3O/c1-14-12-15(4-9-18(14)20-11-3-10-19)13-21-16-5-7-17(22-2)8-6-16/h4-9,12-13,20H,3,11H2,1-2H3. The van der Waals surface area contributed by atoms with Gasteiger partial charge in [0, 0.05) is 18.4 Å². The lowest BCUT2D eigenvalue weighted by atomic mass is 10.1. The minimum atomic E-state index is 0.500. The molecule has 0 atom stereocenters. The highest BCUT2D eigenvalue weighted by molar-refractivity contribution is 5.83. The minimum Gasteiger partial charge on any atom is -0.497 e. The molecule has 4 heteroatoms. The molecule has 0 saturated carbocycles. The normalized spacial score (nSPS) is 10.4. The Morgan fingerprint density at radius 3 is 2.64 bits per heavy atom. The van der Waals surface area contributed by atoms with Gasteiger partial charge in [-0.3, -0.25) is 4.99 Å². The number of hydrogen-bond donors (Lipinski definition) is 1. The van der Waals surface area contributed by atoms with Crippen molar-refractivity contribution >= 4 is 17.6 Å². The number of anilines is 1. The molecule has 0 fully saturated rings. The fraction of sp³-hybridized carbons (Fsp3) is 0.222. The minimum absolute atomic E-state index is 0.500. The van der Waals surface area contributed by atoms with Gasteiger partial charge >= 0.3 is 0 Å². The van der Waals surface area contributed by atoms with Crippen LogP contribution in [0.25, 0.3) is 0 Å². The number of hydrogen-bond acceptors (Lipinski definition) is 4. The Kier molecular flexibility index (Phi) is 5.56. The first kappa shape index (κ1) is 15.6. The summed E-state index contributed by atoms with van der Waals surface area (Å²) in [6, 6.07) is 15.8. The summed E-state index contributed by atoms with van der Waals surface area (Å²) in [4.78, 5) is 4.45. The van der Waals surface area contributed by atoms with Gasteiger partial charge in [0.2, 0.25) is 0 Å². The van der Waals surface area contributed by atoms with E-state index in [9.17, 15) is 0 Å². The van der Waals surface area contributed by atoms with Gasteiger partial charge in [-0.25, -0.2) is 0 Å². The van der Waals surface area contributed by atoms with Crippen LogP contribution in [0.4, 0.5) is 11.4 Å². The Labute approximate surface area is 131 Å². The highest BCUT2D eigenvalue weighted by atomic mass is 16.5. The third-order valence-electron chi connectivity index (χ3n) is 3.24. The van der Waals surface area contributed by atoms with Crippen molar-refractivity contribution in [1.82, 2.24) is 0 Å². The molecule has 2 aromatic rings. The van der Waals surface area contributed by atoms with Crippen LogP contribution in [0.1, 0.15) is 17.5 Å². The molecule has 0 spiro atoms. The fourth-order valence-corrected chi connectivity index (χ4v) is 2.04. The lowest BCUT2D eigenvalue weighted by molar-refractivity contribution is 0.415. The van der Waals surface area contributed by atoms with Crippen molar-refractivity contribution < 1.29 is 4.74 Å². The van der Waals surface area contributed by atoms with Gasteiger partial charge in [0.05, 0.1) is 25.3 Å². The van der Waals surface area contributed by atoms with Gasteiger partial charge in [-0.15, -0.1) is 0 Å². The molecule has 112 valence electrons. The maximum atomic E-state index is 8.55. The first-order chi connectivity index (χ1) is 10.7. The van der Waals surface area contributed by atoms with Crippen LogP contribution in [0, 0.1) is 18.3 Å². The smallest absolute Gasteiger partial charge is 0.119 e. The second kappa shape index (κ2) is 7.84. The maximum Gasteiger partial charge on any atom is 0.119 e. The molecule has 2 rings (SSSR count). The summed E-state index contributed by atoms with van der Waals surface area (Å²) >= 11 is 0. The van der Waals surface area contributed by atoms with Crippen LogP contribution in [-0.4, -0.2) is 19.9 Å². The number of ether oxygens (including phenoxy) is 1. The largest absolute Gasteiger partial charge is 0.497 e. The zero-order chi connectivity index (χ0) is 15.8. The molecule has 4 nitrogen and oxygen atoms in total. The molecular weight excluding hydrogens is 274 g/mol. The molecule has 0 saturated heterocycles. The molecule has 0 unspecified atom stereocenters. The Hall–Kier alpha value is -2.80. The second-order valence-electron chi connectivity index (χ2n) is 4.87. The van der Waals surface area contributed by atoms with Crippen LogP contribution in [0.3, 0.4) is 0 Å². The van der Waals surface area contributed by atoms with E-state index in [0.29, 0.717) is 13.0 Å². The number of nitrogens with zero attached hydrogens (tertiary/aromatic N) is 2. The van der Waals surface area contributed by atoms with Crippen molar-refractivity contribution in [3.05, 3.63) is 53.6 Å². The quantitative estimate of drug-likeness (QED) is 0.645. The number of nitrogens with one attached hydrogen (secondary N) is 1. The summed E-state index contributed by atoms with van der Waals surface area (Å²) in [7, 11) is 1.65. The van der Waals surface area contributed by atoms with Crippen molar-refractivity contribution in [2.75, 3.05) is 19.0 Å². The fourth-order valence-electron chi connectivity index (χ4n) is 2.04. The van der Waals surface area contributed by atoms with Crippen molar-refractivity contribution in [2.45, 2.75) is 13.3 Å². The van der Waals surface area contributed by atoms with E-state index in [4.69, 9.17) is 10.00 Å². The van der Waals surface area contributed by atoms with Crippen molar-refractivity contribution in [2.24, 2.45) is 4.99 Å². The summed E-state index contributed by atoms with van der Waals surface area (Å²) in [6.07, 6.45) is 2.34. The van der Waals surface area contributed by atoms with Crippen molar-refractivity contribution in [3.63, 3.8) is 0 Å². The van der Waals surface area contributed by atoms with Crippen LogP contribution in [-0.2, 0) is 0 Å². The molecule has 22 heavy (non-hydrogen) atoms. The number of aliphatic imine (C=N–C) groups is 1. The molecular formula is C18H19N3O. The number of nitriles is 1. The monoisotopic (exact) mass is 293 g/mol. The third kappa shape index (κ3) is 4.35. The number of rotatable bonds is 6. The summed E-state index contributed by atoms with van der Waals surface area (Å²) in [5.41, 5.74) is 4.11. The highest BCUT2D eigenvalue weighted by Gasteiger charge is 1.98. The molecule has 0 radical (unpaired) electrons.